The van der Waals surface area contributed by atoms with Crippen molar-refractivity contribution in [2.24, 2.45) is 0 Å². The van der Waals surface area contributed by atoms with Crippen molar-refractivity contribution in [3.8, 4) is 0 Å². The van der Waals surface area contributed by atoms with E-state index in [1.165, 1.54) is 0 Å². The summed E-state index contributed by atoms with van der Waals surface area (Å²) in [5.74, 6) is 0.130. The third-order valence-electron chi connectivity index (χ3n) is 3.79. The Morgan fingerprint density at radius 3 is 2.95 bits per heavy atom. The Balaban J connectivity index is 1.96. The van der Waals surface area contributed by atoms with Gasteiger partial charge in [-0.15, -0.1) is 0 Å². The van der Waals surface area contributed by atoms with Crippen molar-refractivity contribution in [1.29, 1.82) is 0 Å². The number of carbonyl (C=O) groups is 1. The molecule has 1 saturated heterocycles. The summed E-state index contributed by atoms with van der Waals surface area (Å²) >= 11 is 5.92. The van der Waals surface area contributed by atoms with Crippen molar-refractivity contribution in [3.63, 3.8) is 0 Å². The Bertz CT molecular complexity index is 450. The van der Waals surface area contributed by atoms with Crippen LogP contribution < -0.4 is 0 Å². The number of methoxy groups -OCH3 is 1. The number of likely N-dealkylation sites (tertiary alicyclic amines) is 1. The molecule has 3 nitrogen and oxygen atoms in total. The number of nitrogens with zero attached hydrogens (tertiary/aromatic N) is 1. The summed E-state index contributed by atoms with van der Waals surface area (Å²) in [5.41, 5.74) is 0.688. The molecule has 0 spiro atoms. The molecule has 0 amide bonds. The number of hydrogen-bond donors (Lipinski definition) is 0. The molecule has 1 fully saturated rings. The van der Waals surface area contributed by atoms with Crippen LogP contribution in [0.25, 0.3) is 0 Å². The van der Waals surface area contributed by atoms with Gasteiger partial charge in [0, 0.05) is 30.3 Å². The number of rotatable bonds is 4. The molecule has 1 heterocycles. The van der Waals surface area contributed by atoms with Gasteiger partial charge in [-0.25, -0.2) is 0 Å². The van der Waals surface area contributed by atoms with E-state index in [2.05, 4.69) is 11.8 Å². The van der Waals surface area contributed by atoms with E-state index in [1.54, 1.807) is 19.2 Å². The van der Waals surface area contributed by atoms with Gasteiger partial charge >= 0.3 is 0 Å². The molecule has 0 saturated carbocycles. The summed E-state index contributed by atoms with van der Waals surface area (Å²) in [7, 11) is 1.75. The van der Waals surface area contributed by atoms with Crippen LogP contribution in [0.5, 0.6) is 0 Å². The van der Waals surface area contributed by atoms with Crippen LogP contribution in [0.4, 0.5) is 0 Å². The van der Waals surface area contributed by atoms with Gasteiger partial charge in [0.25, 0.3) is 0 Å². The fourth-order valence-corrected chi connectivity index (χ4v) is 2.75. The molecular weight excluding hydrogens is 262 g/mol. The van der Waals surface area contributed by atoms with Gasteiger partial charge in [0.2, 0.25) is 0 Å². The normalized spacial score (nSPS) is 24.4. The minimum atomic E-state index is 0.130. The first-order valence-corrected chi connectivity index (χ1v) is 7.03. The number of hydrogen-bond acceptors (Lipinski definition) is 3. The standard InChI is InChI=1S/C15H20ClNO2/c1-11-8-14(19-2)6-7-17(11)10-15(18)12-4-3-5-13(16)9-12/h3-5,9,11,14H,6-8,10H2,1-2H3. The summed E-state index contributed by atoms with van der Waals surface area (Å²) in [5, 5.41) is 0.608. The number of halogens is 1. The van der Waals surface area contributed by atoms with E-state index in [0.717, 1.165) is 19.4 Å². The van der Waals surface area contributed by atoms with Crippen LogP contribution in [0.2, 0.25) is 5.02 Å². The predicted octanol–water partition coefficient (Wildman–Crippen LogP) is 3.02. The fraction of sp³-hybridized carbons (Fsp3) is 0.533. The van der Waals surface area contributed by atoms with E-state index in [0.29, 0.717) is 29.3 Å². The summed E-state index contributed by atoms with van der Waals surface area (Å²) in [6.07, 6.45) is 2.30. The second-order valence-electron chi connectivity index (χ2n) is 5.14. The molecule has 2 rings (SSSR count). The average molecular weight is 282 g/mol. The lowest BCUT2D eigenvalue weighted by Gasteiger charge is -2.36. The van der Waals surface area contributed by atoms with Gasteiger partial charge in [0.1, 0.15) is 0 Å². The van der Waals surface area contributed by atoms with Crippen LogP contribution in [0.3, 0.4) is 0 Å². The predicted molar refractivity (Wildman–Crippen MR) is 76.8 cm³/mol. The molecule has 0 N–H and O–H groups in total. The highest BCUT2D eigenvalue weighted by atomic mass is 35.5. The minimum absolute atomic E-state index is 0.130. The second-order valence-corrected chi connectivity index (χ2v) is 5.57. The lowest BCUT2D eigenvalue weighted by molar-refractivity contribution is 0.0167. The molecule has 0 aliphatic carbocycles. The summed E-state index contributed by atoms with van der Waals surface area (Å²) in [6.45, 7) is 3.51. The fourth-order valence-electron chi connectivity index (χ4n) is 2.56. The first-order chi connectivity index (χ1) is 9.10. The quantitative estimate of drug-likeness (QED) is 0.795. The van der Waals surface area contributed by atoms with Gasteiger partial charge < -0.3 is 4.74 Å². The van der Waals surface area contributed by atoms with Crippen LogP contribution in [-0.2, 0) is 4.74 Å². The highest BCUT2D eigenvalue weighted by Gasteiger charge is 2.26. The van der Waals surface area contributed by atoms with Crippen molar-refractivity contribution in [3.05, 3.63) is 34.9 Å². The molecule has 1 aliphatic heterocycles. The molecular formula is C15H20ClNO2. The Labute approximate surface area is 119 Å². The Hall–Kier alpha value is -0.900. The van der Waals surface area contributed by atoms with E-state index in [-0.39, 0.29) is 5.78 Å². The van der Waals surface area contributed by atoms with Gasteiger partial charge in [-0.05, 0) is 31.9 Å². The molecule has 0 radical (unpaired) electrons. The zero-order valence-corrected chi connectivity index (χ0v) is 12.2. The number of benzene rings is 1. The summed E-state index contributed by atoms with van der Waals surface area (Å²) in [6, 6.07) is 7.53. The van der Waals surface area contributed by atoms with Crippen molar-refractivity contribution in [1.82, 2.24) is 4.90 Å². The number of Topliss-reactive ketones (excluding diaryl/α,β-unsaturated/α-hetero) is 1. The topological polar surface area (TPSA) is 29.5 Å². The first kappa shape index (κ1) is 14.5. The lowest BCUT2D eigenvalue weighted by atomic mass is 9.99. The van der Waals surface area contributed by atoms with Gasteiger partial charge in [0.05, 0.1) is 12.6 Å². The van der Waals surface area contributed by atoms with Crippen LogP contribution in [0, 0.1) is 0 Å². The number of carbonyl (C=O) groups excluding carboxylic acids is 1. The molecule has 19 heavy (non-hydrogen) atoms. The molecule has 4 heteroatoms. The smallest absolute Gasteiger partial charge is 0.176 e. The third kappa shape index (κ3) is 3.78. The molecule has 0 bridgehead atoms. The van der Waals surface area contributed by atoms with Crippen LogP contribution in [0.1, 0.15) is 30.1 Å². The molecule has 1 aromatic carbocycles. The number of ketones is 1. The largest absolute Gasteiger partial charge is 0.381 e. The molecule has 2 unspecified atom stereocenters. The molecule has 104 valence electrons. The van der Waals surface area contributed by atoms with E-state index in [9.17, 15) is 4.79 Å². The highest BCUT2D eigenvalue weighted by molar-refractivity contribution is 6.31. The van der Waals surface area contributed by atoms with Crippen molar-refractivity contribution in [2.75, 3.05) is 20.2 Å². The SMILES string of the molecule is COC1CCN(CC(=O)c2cccc(Cl)c2)C(C)C1. The number of piperidine rings is 1. The maximum Gasteiger partial charge on any atom is 0.176 e. The molecule has 1 aromatic rings. The molecule has 0 aromatic heterocycles. The van der Waals surface area contributed by atoms with Gasteiger partial charge in [-0.3, -0.25) is 9.69 Å². The van der Waals surface area contributed by atoms with Gasteiger partial charge in [-0.1, -0.05) is 23.7 Å². The van der Waals surface area contributed by atoms with E-state index >= 15 is 0 Å². The number of ether oxygens (including phenoxy) is 1. The Morgan fingerprint density at radius 1 is 1.53 bits per heavy atom. The third-order valence-corrected chi connectivity index (χ3v) is 4.03. The Kier molecular flexibility index (Phi) is 4.97. The van der Waals surface area contributed by atoms with Crippen molar-refractivity contribution < 1.29 is 9.53 Å². The monoisotopic (exact) mass is 281 g/mol. The maximum atomic E-state index is 12.2. The highest BCUT2D eigenvalue weighted by Crippen LogP contribution is 2.20. The Morgan fingerprint density at radius 2 is 2.32 bits per heavy atom. The van der Waals surface area contributed by atoms with Crippen LogP contribution >= 0.6 is 11.6 Å². The van der Waals surface area contributed by atoms with Crippen molar-refractivity contribution in [2.45, 2.75) is 31.9 Å². The van der Waals surface area contributed by atoms with E-state index in [1.807, 2.05) is 12.1 Å². The lowest BCUT2D eigenvalue weighted by Crippen LogP contribution is -2.45. The molecule has 2 atom stereocenters. The zero-order chi connectivity index (χ0) is 13.8. The first-order valence-electron chi connectivity index (χ1n) is 6.65. The molecule has 1 aliphatic rings. The summed E-state index contributed by atoms with van der Waals surface area (Å²) < 4.78 is 5.39. The van der Waals surface area contributed by atoms with Gasteiger partial charge in [0.15, 0.2) is 5.78 Å². The van der Waals surface area contributed by atoms with E-state index < -0.39 is 0 Å². The van der Waals surface area contributed by atoms with Crippen molar-refractivity contribution >= 4 is 17.4 Å². The average Bonchev–Trinajstić information content (AvgIpc) is 2.41. The van der Waals surface area contributed by atoms with Gasteiger partial charge in [-0.2, -0.15) is 0 Å². The second kappa shape index (κ2) is 6.51. The van der Waals surface area contributed by atoms with E-state index in [4.69, 9.17) is 16.3 Å². The maximum absolute atomic E-state index is 12.2. The minimum Gasteiger partial charge on any atom is -0.381 e. The summed E-state index contributed by atoms with van der Waals surface area (Å²) in [4.78, 5) is 14.5. The zero-order valence-electron chi connectivity index (χ0n) is 11.4. The van der Waals surface area contributed by atoms with Crippen LogP contribution in [0.15, 0.2) is 24.3 Å². The van der Waals surface area contributed by atoms with Crippen LogP contribution in [-0.4, -0.2) is 43.0 Å².